The standard InChI is InChI=1S/C18H15ClFN3O4/c19-13-4-3-11(8-14(13)20)16-15(10-23(18(24)25)6-7-26-16)27-17-12(9-21)2-1-5-22-17/h1-5,8,15-16H,6-7,10H2,(H,24,25)/t15-,16+/m1/s1. The Morgan fingerprint density at radius 3 is 3.00 bits per heavy atom. The summed E-state index contributed by atoms with van der Waals surface area (Å²) in [5.41, 5.74) is 0.647. The van der Waals surface area contributed by atoms with Crippen LogP contribution in [0.5, 0.6) is 5.88 Å². The van der Waals surface area contributed by atoms with Gasteiger partial charge in [-0.3, -0.25) is 0 Å². The van der Waals surface area contributed by atoms with Crippen molar-refractivity contribution in [2.75, 3.05) is 19.7 Å². The highest BCUT2D eigenvalue weighted by Crippen LogP contribution is 2.30. The zero-order chi connectivity index (χ0) is 19.4. The van der Waals surface area contributed by atoms with Crippen molar-refractivity contribution in [3.63, 3.8) is 0 Å². The van der Waals surface area contributed by atoms with Crippen LogP contribution in [0.25, 0.3) is 0 Å². The number of pyridine rings is 1. The number of rotatable bonds is 3. The summed E-state index contributed by atoms with van der Waals surface area (Å²) in [6.07, 6.45) is -1.28. The van der Waals surface area contributed by atoms with Crippen molar-refractivity contribution in [3.8, 4) is 11.9 Å². The lowest BCUT2D eigenvalue weighted by Gasteiger charge is -2.27. The van der Waals surface area contributed by atoms with Crippen LogP contribution in [0.2, 0.25) is 5.02 Å². The monoisotopic (exact) mass is 391 g/mol. The number of carbonyl (C=O) groups is 1. The zero-order valence-electron chi connectivity index (χ0n) is 14.0. The molecule has 1 aliphatic heterocycles. The first-order valence-corrected chi connectivity index (χ1v) is 8.43. The van der Waals surface area contributed by atoms with Gasteiger partial charge < -0.3 is 19.5 Å². The Kier molecular flexibility index (Phi) is 5.74. The first-order valence-electron chi connectivity index (χ1n) is 8.06. The van der Waals surface area contributed by atoms with Gasteiger partial charge in [0.25, 0.3) is 0 Å². The highest BCUT2D eigenvalue weighted by atomic mass is 35.5. The van der Waals surface area contributed by atoms with Crippen LogP contribution in [0.4, 0.5) is 9.18 Å². The maximum Gasteiger partial charge on any atom is 0.407 e. The molecule has 3 rings (SSSR count). The van der Waals surface area contributed by atoms with Gasteiger partial charge in [0.2, 0.25) is 5.88 Å². The predicted molar refractivity (Wildman–Crippen MR) is 93.1 cm³/mol. The Labute approximate surface area is 159 Å². The second kappa shape index (κ2) is 8.20. The first-order chi connectivity index (χ1) is 13.0. The van der Waals surface area contributed by atoms with Crippen molar-refractivity contribution >= 4 is 17.7 Å². The lowest BCUT2D eigenvalue weighted by Crippen LogP contribution is -2.40. The molecule has 0 radical (unpaired) electrons. The summed E-state index contributed by atoms with van der Waals surface area (Å²) in [6, 6.07) is 9.30. The van der Waals surface area contributed by atoms with Gasteiger partial charge in [-0.25, -0.2) is 14.2 Å². The van der Waals surface area contributed by atoms with E-state index in [1.54, 1.807) is 12.1 Å². The van der Waals surface area contributed by atoms with Crippen LogP contribution in [-0.4, -0.2) is 46.9 Å². The molecule has 1 aromatic carbocycles. The van der Waals surface area contributed by atoms with Crippen LogP contribution < -0.4 is 4.74 Å². The molecule has 7 nitrogen and oxygen atoms in total. The van der Waals surface area contributed by atoms with Crippen LogP contribution in [0.3, 0.4) is 0 Å². The normalized spacial score (nSPS) is 19.8. The van der Waals surface area contributed by atoms with Crippen molar-refractivity contribution in [1.29, 1.82) is 5.26 Å². The molecular formula is C18H15ClFN3O4. The van der Waals surface area contributed by atoms with Crippen LogP contribution >= 0.6 is 11.6 Å². The van der Waals surface area contributed by atoms with Crippen LogP contribution in [-0.2, 0) is 4.74 Å². The molecule has 1 aliphatic rings. The van der Waals surface area contributed by atoms with E-state index in [0.717, 1.165) is 4.90 Å². The van der Waals surface area contributed by atoms with Gasteiger partial charge in [0.05, 0.1) is 18.2 Å². The van der Waals surface area contributed by atoms with Crippen molar-refractivity contribution in [3.05, 3.63) is 58.5 Å². The fourth-order valence-electron chi connectivity index (χ4n) is 2.79. The molecule has 1 aromatic heterocycles. The molecule has 2 aromatic rings. The third kappa shape index (κ3) is 4.27. The maximum absolute atomic E-state index is 13.9. The summed E-state index contributed by atoms with van der Waals surface area (Å²) in [7, 11) is 0. The van der Waals surface area contributed by atoms with Crippen molar-refractivity contribution in [1.82, 2.24) is 9.88 Å². The molecule has 0 bridgehead atoms. The number of ether oxygens (including phenoxy) is 2. The molecule has 27 heavy (non-hydrogen) atoms. The predicted octanol–water partition coefficient (Wildman–Crippen LogP) is 3.24. The molecule has 2 heterocycles. The maximum atomic E-state index is 13.9. The van der Waals surface area contributed by atoms with E-state index in [9.17, 15) is 19.6 Å². The summed E-state index contributed by atoms with van der Waals surface area (Å²) in [5.74, 6) is -0.563. The number of benzene rings is 1. The van der Waals surface area contributed by atoms with Gasteiger partial charge in [0.15, 0.2) is 0 Å². The molecule has 9 heteroatoms. The second-order valence-corrected chi connectivity index (χ2v) is 6.22. The van der Waals surface area contributed by atoms with E-state index in [-0.39, 0.29) is 36.2 Å². The average molecular weight is 392 g/mol. The Hall–Kier alpha value is -2.89. The number of aromatic nitrogens is 1. The smallest absolute Gasteiger partial charge is 0.407 e. The summed E-state index contributed by atoms with van der Waals surface area (Å²) in [4.78, 5) is 16.6. The van der Waals surface area contributed by atoms with Crippen LogP contribution in [0, 0.1) is 17.1 Å². The largest absolute Gasteiger partial charge is 0.468 e. The number of halogens is 2. The van der Waals surface area contributed by atoms with E-state index in [4.69, 9.17) is 21.1 Å². The number of amides is 1. The Bertz CT molecular complexity index is 889. The summed E-state index contributed by atoms with van der Waals surface area (Å²) in [5, 5.41) is 18.5. The summed E-state index contributed by atoms with van der Waals surface area (Å²) < 4.78 is 25.6. The van der Waals surface area contributed by atoms with Gasteiger partial charge in [-0.2, -0.15) is 5.26 Å². The lowest BCUT2D eigenvalue weighted by molar-refractivity contribution is -0.0111. The molecule has 2 atom stereocenters. The molecule has 1 amide bonds. The fraction of sp³-hybridized carbons (Fsp3) is 0.278. The van der Waals surface area contributed by atoms with E-state index in [2.05, 4.69) is 4.98 Å². The molecule has 140 valence electrons. The van der Waals surface area contributed by atoms with Crippen molar-refractivity contribution in [2.24, 2.45) is 0 Å². The second-order valence-electron chi connectivity index (χ2n) is 5.82. The Morgan fingerprint density at radius 1 is 1.48 bits per heavy atom. The molecular weight excluding hydrogens is 377 g/mol. The van der Waals surface area contributed by atoms with Gasteiger partial charge in [0, 0.05) is 12.7 Å². The minimum absolute atomic E-state index is 0.0338. The topological polar surface area (TPSA) is 95.7 Å². The van der Waals surface area contributed by atoms with Crippen molar-refractivity contribution < 1.29 is 23.8 Å². The van der Waals surface area contributed by atoms with Gasteiger partial charge in [-0.1, -0.05) is 17.7 Å². The fourth-order valence-corrected chi connectivity index (χ4v) is 2.91. The average Bonchev–Trinajstić information content (AvgIpc) is 2.87. The molecule has 1 fully saturated rings. The first kappa shape index (κ1) is 18.9. The number of carboxylic acid groups (broad SMARTS) is 1. The van der Waals surface area contributed by atoms with Gasteiger partial charge >= 0.3 is 6.09 Å². The third-order valence-electron chi connectivity index (χ3n) is 4.09. The zero-order valence-corrected chi connectivity index (χ0v) is 14.8. The SMILES string of the molecule is N#Cc1cccnc1O[C@@H]1CN(C(=O)O)CCO[C@H]1c1ccc(Cl)c(F)c1. The van der Waals surface area contributed by atoms with E-state index >= 15 is 0 Å². The van der Waals surface area contributed by atoms with Crippen LogP contribution in [0.15, 0.2) is 36.5 Å². The number of nitriles is 1. The molecule has 0 saturated carbocycles. The Balaban J connectivity index is 1.96. The van der Waals surface area contributed by atoms with Gasteiger partial charge in [0.1, 0.15) is 29.7 Å². The lowest BCUT2D eigenvalue weighted by atomic mass is 10.0. The molecule has 1 N–H and O–H groups in total. The van der Waals surface area contributed by atoms with Gasteiger partial charge in [-0.15, -0.1) is 0 Å². The molecule has 1 saturated heterocycles. The number of nitrogens with zero attached hydrogens (tertiary/aromatic N) is 3. The van der Waals surface area contributed by atoms with Gasteiger partial charge in [-0.05, 0) is 29.8 Å². The molecule has 0 spiro atoms. The molecule has 0 unspecified atom stereocenters. The number of hydrogen-bond donors (Lipinski definition) is 1. The van der Waals surface area contributed by atoms with E-state index in [1.165, 1.54) is 24.4 Å². The highest BCUT2D eigenvalue weighted by Gasteiger charge is 2.34. The molecule has 0 aliphatic carbocycles. The Morgan fingerprint density at radius 2 is 2.30 bits per heavy atom. The highest BCUT2D eigenvalue weighted by molar-refractivity contribution is 6.30. The van der Waals surface area contributed by atoms with E-state index in [1.807, 2.05) is 6.07 Å². The minimum atomic E-state index is -1.13. The van der Waals surface area contributed by atoms with Crippen molar-refractivity contribution in [2.45, 2.75) is 12.2 Å². The summed E-state index contributed by atoms with van der Waals surface area (Å²) >= 11 is 5.74. The van der Waals surface area contributed by atoms with Crippen LogP contribution in [0.1, 0.15) is 17.2 Å². The third-order valence-corrected chi connectivity index (χ3v) is 4.40. The van der Waals surface area contributed by atoms with E-state index in [0.29, 0.717) is 5.56 Å². The minimum Gasteiger partial charge on any atom is -0.468 e. The van der Waals surface area contributed by atoms with E-state index < -0.39 is 24.1 Å². The quantitative estimate of drug-likeness (QED) is 0.862. The summed E-state index contributed by atoms with van der Waals surface area (Å²) in [6.45, 7) is 0.204. The number of hydrogen-bond acceptors (Lipinski definition) is 5.